The largest absolute Gasteiger partial charge is 0.449 e. The Morgan fingerprint density at radius 3 is 2.46 bits per heavy atom. The number of aromatic nitrogens is 5. The highest BCUT2D eigenvalue weighted by Crippen LogP contribution is 2.17. The van der Waals surface area contributed by atoms with E-state index in [2.05, 4.69) is 9.88 Å². The summed E-state index contributed by atoms with van der Waals surface area (Å²) >= 11 is 0. The van der Waals surface area contributed by atoms with Gasteiger partial charge in [-0.25, -0.2) is 14.8 Å². The van der Waals surface area contributed by atoms with Crippen molar-refractivity contribution in [1.29, 1.82) is 0 Å². The molecular formula is C26H35N7O4. The zero-order valence-corrected chi connectivity index (χ0v) is 21.5. The molecule has 0 atom stereocenters. The molecule has 0 unspecified atom stereocenters. The Labute approximate surface area is 214 Å². The van der Waals surface area contributed by atoms with Crippen molar-refractivity contribution in [2.24, 2.45) is 0 Å². The summed E-state index contributed by atoms with van der Waals surface area (Å²) in [6, 6.07) is 7.54. The summed E-state index contributed by atoms with van der Waals surface area (Å²) < 4.78 is 10.3. The number of nitrogens with two attached hydrogens (primary N) is 1. The first-order chi connectivity index (χ1) is 18.0. The van der Waals surface area contributed by atoms with Gasteiger partial charge in [-0.05, 0) is 37.1 Å². The molecule has 1 aromatic carbocycles. The van der Waals surface area contributed by atoms with Crippen LogP contribution in [-0.4, -0.2) is 59.9 Å². The molecule has 198 valence electrons. The standard InChI is InChI=1S/C26H35N7O4/c1-3-11-33-25(35)23-24(32(26(33)36)12-9-19-5-7-20(27)8-6-19)29-21(18-22-28-10-17-37-22)31(23)14-13-30(4-2)15-16-34/h5-8,10,17,34H,3-4,9,11-16,18,27H2,1-2H3. The molecule has 0 bridgehead atoms. The van der Waals surface area contributed by atoms with Crippen LogP contribution in [0.2, 0.25) is 0 Å². The second-order valence-corrected chi connectivity index (χ2v) is 8.99. The predicted octanol–water partition coefficient (Wildman–Crippen LogP) is 1.49. The molecule has 0 saturated carbocycles. The molecule has 0 radical (unpaired) electrons. The molecule has 0 aliphatic heterocycles. The van der Waals surface area contributed by atoms with E-state index in [9.17, 15) is 14.7 Å². The Kier molecular flexibility index (Phi) is 8.57. The first kappa shape index (κ1) is 26.4. The predicted molar refractivity (Wildman–Crippen MR) is 142 cm³/mol. The van der Waals surface area contributed by atoms with Crippen molar-refractivity contribution in [1.82, 2.24) is 28.6 Å². The van der Waals surface area contributed by atoms with Crippen molar-refractivity contribution < 1.29 is 9.52 Å². The van der Waals surface area contributed by atoms with E-state index in [0.717, 1.165) is 12.1 Å². The third-order valence-electron chi connectivity index (χ3n) is 6.54. The Morgan fingerprint density at radius 1 is 1.03 bits per heavy atom. The van der Waals surface area contributed by atoms with Crippen LogP contribution in [0.25, 0.3) is 11.2 Å². The highest BCUT2D eigenvalue weighted by Gasteiger charge is 2.22. The lowest BCUT2D eigenvalue weighted by Crippen LogP contribution is -2.41. The Hall–Kier alpha value is -3.70. The molecule has 3 heterocycles. The summed E-state index contributed by atoms with van der Waals surface area (Å²) in [4.78, 5) is 38.3. The summed E-state index contributed by atoms with van der Waals surface area (Å²) in [5, 5.41) is 9.42. The number of likely N-dealkylation sites (N-methyl/N-ethyl adjacent to an activating group) is 1. The van der Waals surface area contributed by atoms with Gasteiger partial charge in [0.2, 0.25) is 5.89 Å². The number of imidazole rings is 1. The molecule has 4 rings (SSSR count). The van der Waals surface area contributed by atoms with E-state index in [4.69, 9.17) is 15.1 Å². The molecule has 0 spiro atoms. The first-order valence-corrected chi connectivity index (χ1v) is 12.8. The number of aryl methyl sites for hydroxylation is 2. The molecule has 0 saturated heterocycles. The van der Waals surface area contributed by atoms with Gasteiger partial charge in [-0.3, -0.25) is 18.8 Å². The second kappa shape index (κ2) is 12.0. The molecule has 0 aliphatic carbocycles. The van der Waals surface area contributed by atoms with Crippen LogP contribution < -0.4 is 17.0 Å². The number of aliphatic hydroxyl groups is 1. The molecule has 11 nitrogen and oxygen atoms in total. The Bertz CT molecular complexity index is 1420. The van der Waals surface area contributed by atoms with Crippen LogP contribution in [0.3, 0.4) is 0 Å². The summed E-state index contributed by atoms with van der Waals surface area (Å²) in [6.07, 6.45) is 4.59. The number of aliphatic hydroxyl groups excluding tert-OH is 1. The Morgan fingerprint density at radius 2 is 1.81 bits per heavy atom. The van der Waals surface area contributed by atoms with Gasteiger partial charge in [0, 0.05) is 38.4 Å². The summed E-state index contributed by atoms with van der Waals surface area (Å²) in [6.45, 7) is 7.07. The molecular weight excluding hydrogens is 474 g/mol. The van der Waals surface area contributed by atoms with Crippen LogP contribution in [0.5, 0.6) is 0 Å². The van der Waals surface area contributed by atoms with Gasteiger partial charge in [-0.1, -0.05) is 26.0 Å². The highest BCUT2D eigenvalue weighted by atomic mass is 16.3. The zero-order valence-electron chi connectivity index (χ0n) is 21.5. The normalized spacial score (nSPS) is 11.7. The maximum atomic E-state index is 13.7. The quantitative estimate of drug-likeness (QED) is 0.259. The number of hydrogen-bond donors (Lipinski definition) is 2. The smallest absolute Gasteiger partial charge is 0.332 e. The molecule has 4 aromatic rings. The van der Waals surface area contributed by atoms with Gasteiger partial charge in [-0.2, -0.15) is 0 Å². The molecule has 3 N–H and O–H groups in total. The SMILES string of the molecule is CCCn1c(=O)c2c(nc(Cc3ncco3)n2CCN(CC)CCO)n(CCc2ccc(N)cc2)c1=O. The molecule has 3 aromatic heterocycles. The number of fused-ring (bicyclic) bond motifs is 1. The van der Waals surface area contributed by atoms with E-state index in [-0.39, 0.29) is 24.3 Å². The third kappa shape index (κ3) is 5.83. The minimum atomic E-state index is -0.363. The molecule has 0 fully saturated rings. The lowest BCUT2D eigenvalue weighted by molar-refractivity contribution is 0.197. The summed E-state index contributed by atoms with van der Waals surface area (Å²) in [5.74, 6) is 1.08. The van der Waals surface area contributed by atoms with Gasteiger partial charge in [0.25, 0.3) is 5.56 Å². The van der Waals surface area contributed by atoms with Gasteiger partial charge in [0.05, 0.1) is 19.2 Å². The third-order valence-corrected chi connectivity index (χ3v) is 6.54. The molecule has 11 heteroatoms. The lowest BCUT2D eigenvalue weighted by Gasteiger charge is -2.20. The fourth-order valence-corrected chi connectivity index (χ4v) is 4.55. The van der Waals surface area contributed by atoms with Crippen molar-refractivity contribution in [3.05, 3.63) is 74.8 Å². The van der Waals surface area contributed by atoms with Crippen molar-refractivity contribution in [2.75, 3.05) is 32.0 Å². The minimum absolute atomic E-state index is 0.0513. The number of oxazole rings is 1. The van der Waals surface area contributed by atoms with Gasteiger partial charge >= 0.3 is 5.69 Å². The summed E-state index contributed by atoms with van der Waals surface area (Å²) in [7, 11) is 0. The first-order valence-electron chi connectivity index (χ1n) is 12.8. The second-order valence-electron chi connectivity index (χ2n) is 8.99. The van der Waals surface area contributed by atoms with Gasteiger partial charge in [0.15, 0.2) is 11.2 Å². The Balaban J connectivity index is 1.84. The van der Waals surface area contributed by atoms with Crippen molar-refractivity contribution in [3.8, 4) is 0 Å². The average Bonchev–Trinajstić information content (AvgIpc) is 3.53. The van der Waals surface area contributed by atoms with Crippen molar-refractivity contribution in [3.63, 3.8) is 0 Å². The number of hydrogen-bond acceptors (Lipinski definition) is 8. The number of benzene rings is 1. The van der Waals surface area contributed by atoms with Crippen LogP contribution in [-0.2, 0) is 32.5 Å². The lowest BCUT2D eigenvalue weighted by atomic mass is 10.1. The minimum Gasteiger partial charge on any atom is -0.449 e. The molecule has 37 heavy (non-hydrogen) atoms. The van der Waals surface area contributed by atoms with E-state index in [0.29, 0.717) is 74.1 Å². The average molecular weight is 510 g/mol. The fraction of sp³-hybridized carbons (Fsp3) is 0.462. The van der Waals surface area contributed by atoms with E-state index >= 15 is 0 Å². The van der Waals surface area contributed by atoms with E-state index in [1.807, 2.05) is 42.7 Å². The topological polar surface area (TPSA) is 137 Å². The molecule has 0 aliphatic rings. The van der Waals surface area contributed by atoms with Gasteiger partial charge in [0.1, 0.15) is 12.1 Å². The number of anilines is 1. The van der Waals surface area contributed by atoms with Gasteiger partial charge < -0.3 is 19.8 Å². The van der Waals surface area contributed by atoms with Gasteiger partial charge in [-0.15, -0.1) is 0 Å². The maximum absolute atomic E-state index is 13.7. The maximum Gasteiger partial charge on any atom is 0.332 e. The van der Waals surface area contributed by atoms with Crippen molar-refractivity contribution in [2.45, 2.75) is 52.7 Å². The fourth-order valence-electron chi connectivity index (χ4n) is 4.55. The van der Waals surface area contributed by atoms with Crippen molar-refractivity contribution >= 4 is 16.9 Å². The van der Waals surface area contributed by atoms with Crippen LogP contribution in [0.4, 0.5) is 5.69 Å². The number of nitrogens with zero attached hydrogens (tertiary/aromatic N) is 6. The highest BCUT2D eigenvalue weighted by molar-refractivity contribution is 5.71. The number of rotatable bonds is 13. The van der Waals surface area contributed by atoms with E-state index in [1.54, 1.807) is 10.8 Å². The number of nitrogen functional groups attached to an aromatic ring is 1. The summed E-state index contributed by atoms with van der Waals surface area (Å²) in [5.41, 5.74) is 7.58. The zero-order chi connectivity index (χ0) is 26.4. The molecule has 0 amide bonds. The van der Waals surface area contributed by atoms with Crippen LogP contribution in [0, 0.1) is 0 Å². The van der Waals surface area contributed by atoms with Crippen LogP contribution in [0.15, 0.2) is 50.7 Å². The van der Waals surface area contributed by atoms with E-state index < -0.39 is 0 Å². The van der Waals surface area contributed by atoms with E-state index in [1.165, 1.54) is 10.8 Å². The van der Waals surface area contributed by atoms with Crippen LogP contribution >= 0.6 is 0 Å². The van der Waals surface area contributed by atoms with Crippen LogP contribution in [0.1, 0.15) is 37.5 Å². The monoisotopic (exact) mass is 509 g/mol.